The summed E-state index contributed by atoms with van der Waals surface area (Å²) in [6.45, 7) is 2.24. The largest absolute Gasteiger partial charge is 0.335 e. The average molecular weight is 287 g/mol. The van der Waals surface area contributed by atoms with Crippen molar-refractivity contribution in [3.63, 3.8) is 0 Å². The van der Waals surface area contributed by atoms with Gasteiger partial charge in [-0.3, -0.25) is 14.7 Å². The lowest BCUT2D eigenvalue weighted by molar-refractivity contribution is 0.0293. The molecular formula is C15H17N3OS. The molecule has 5 rings (SSSR count). The van der Waals surface area contributed by atoms with Crippen LogP contribution in [0, 0.1) is 5.92 Å². The van der Waals surface area contributed by atoms with Crippen LogP contribution in [0.3, 0.4) is 0 Å². The van der Waals surface area contributed by atoms with Gasteiger partial charge in [0.25, 0.3) is 5.91 Å². The number of piperidine rings is 3. The number of aromatic nitrogens is 1. The number of carbonyl (C=O) groups excluding carboxylic acids is 1. The van der Waals surface area contributed by atoms with E-state index in [-0.39, 0.29) is 12.1 Å². The van der Waals surface area contributed by atoms with Crippen LogP contribution in [0.5, 0.6) is 0 Å². The van der Waals surface area contributed by atoms with E-state index < -0.39 is 0 Å². The van der Waals surface area contributed by atoms with Gasteiger partial charge in [-0.25, -0.2) is 0 Å². The van der Waals surface area contributed by atoms with Crippen molar-refractivity contribution in [1.29, 1.82) is 0 Å². The number of hydrogen-bond acceptors (Lipinski definition) is 4. The maximum atomic E-state index is 12.4. The van der Waals surface area contributed by atoms with Gasteiger partial charge in [-0.15, -0.1) is 0 Å². The number of thiophene rings is 1. The second kappa shape index (κ2) is 4.82. The third kappa shape index (κ3) is 2.11. The van der Waals surface area contributed by atoms with Crippen LogP contribution in [-0.4, -0.2) is 35.0 Å². The molecule has 3 aliphatic heterocycles. The highest BCUT2D eigenvalue weighted by atomic mass is 32.1. The molecule has 2 aromatic heterocycles. The minimum absolute atomic E-state index is 0.0457. The summed E-state index contributed by atoms with van der Waals surface area (Å²) in [5.74, 6) is 0.744. The number of amides is 1. The summed E-state index contributed by atoms with van der Waals surface area (Å²) < 4.78 is 0. The van der Waals surface area contributed by atoms with Gasteiger partial charge in [0.2, 0.25) is 0 Å². The van der Waals surface area contributed by atoms with E-state index in [1.54, 1.807) is 17.5 Å². The van der Waals surface area contributed by atoms with Gasteiger partial charge in [0, 0.05) is 30.1 Å². The normalized spacial score (nSPS) is 28.7. The zero-order chi connectivity index (χ0) is 13.5. The third-order valence-corrected chi connectivity index (χ3v) is 5.32. The van der Waals surface area contributed by atoms with Crippen molar-refractivity contribution >= 4 is 28.0 Å². The lowest BCUT2D eigenvalue weighted by Gasteiger charge is -2.45. The fourth-order valence-electron chi connectivity index (χ4n) is 3.33. The van der Waals surface area contributed by atoms with Crippen molar-refractivity contribution in [2.75, 3.05) is 13.1 Å². The maximum Gasteiger partial charge on any atom is 0.271 e. The van der Waals surface area contributed by atoms with Crippen molar-refractivity contribution in [3.8, 4) is 0 Å². The molecule has 104 valence electrons. The summed E-state index contributed by atoms with van der Waals surface area (Å²) in [5.41, 5.74) is 0.526. The first kappa shape index (κ1) is 12.3. The second-order valence-electron chi connectivity index (χ2n) is 5.77. The zero-order valence-electron chi connectivity index (χ0n) is 11.2. The Morgan fingerprint density at radius 1 is 1.30 bits per heavy atom. The van der Waals surface area contributed by atoms with Crippen LogP contribution >= 0.6 is 11.3 Å². The zero-order valence-corrected chi connectivity index (χ0v) is 12.0. The van der Waals surface area contributed by atoms with Gasteiger partial charge in [0.05, 0.1) is 6.17 Å². The van der Waals surface area contributed by atoms with Gasteiger partial charge in [-0.05, 0) is 42.0 Å². The van der Waals surface area contributed by atoms with Crippen molar-refractivity contribution in [2.45, 2.75) is 25.4 Å². The molecule has 0 aliphatic carbocycles. The van der Waals surface area contributed by atoms with E-state index in [9.17, 15) is 4.79 Å². The first-order valence-electron chi connectivity index (χ1n) is 7.16. The van der Waals surface area contributed by atoms with E-state index in [2.05, 4.69) is 26.0 Å². The number of nitrogens with one attached hydrogen (secondary N) is 1. The van der Waals surface area contributed by atoms with Gasteiger partial charge < -0.3 is 5.32 Å². The first-order chi connectivity index (χ1) is 9.79. The van der Waals surface area contributed by atoms with E-state index in [4.69, 9.17) is 0 Å². The monoisotopic (exact) mass is 287 g/mol. The first-order valence-corrected chi connectivity index (χ1v) is 8.11. The van der Waals surface area contributed by atoms with Crippen molar-refractivity contribution in [1.82, 2.24) is 15.2 Å². The summed E-state index contributed by atoms with van der Waals surface area (Å²) in [5, 5.41) is 9.46. The lowest BCUT2D eigenvalue weighted by atomic mass is 9.86. The van der Waals surface area contributed by atoms with E-state index in [1.807, 2.05) is 6.07 Å². The van der Waals surface area contributed by atoms with Gasteiger partial charge in [0.1, 0.15) is 5.69 Å². The van der Waals surface area contributed by atoms with Crippen LogP contribution in [0.2, 0.25) is 0 Å². The fraction of sp³-hybridized carbons (Fsp3) is 0.467. The number of hydrogen-bond donors (Lipinski definition) is 1. The van der Waals surface area contributed by atoms with E-state index >= 15 is 0 Å². The molecule has 1 N–H and O–H groups in total. The summed E-state index contributed by atoms with van der Waals surface area (Å²) >= 11 is 1.64. The molecule has 1 atom stereocenters. The van der Waals surface area contributed by atoms with Gasteiger partial charge >= 0.3 is 0 Å². The lowest BCUT2D eigenvalue weighted by Crippen LogP contribution is -2.56. The number of fused-ring (bicyclic) bond motifs is 4. The van der Waals surface area contributed by atoms with Crippen LogP contribution in [0.4, 0.5) is 0 Å². The standard InChI is InChI=1S/C15H17N3OS/c19-15(13-6-11-8-20-9-12(11)7-16-13)17-14-5-10-1-3-18(14)4-2-10/h6-10,14H,1-5H2,(H,17,19). The predicted molar refractivity (Wildman–Crippen MR) is 79.8 cm³/mol. The Balaban J connectivity index is 1.52. The summed E-state index contributed by atoms with van der Waals surface area (Å²) in [4.78, 5) is 19.0. The Hall–Kier alpha value is -1.46. The molecule has 20 heavy (non-hydrogen) atoms. The third-order valence-electron chi connectivity index (χ3n) is 4.54. The summed E-state index contributed by atoms with van der Waals surface area (Å²) in [6, 6.07) is 1.89. The van der Waals surface area contributed by atoms with Crippen LogP contribution in [0.15, 0.2) is 23.0 Å². The summed E-state index contributed by atoms with van der Waals surface area (Å²) in [6.07, 6.45) is 5.65. The maximum absolute atomic E-state index is 12.4. The Morgan fingerprint density at radius 2 is 2.10 bits per heavy atom. The molecule has 1 amide bonds. The minimum Gasteiger partial charge on any atom is -0.335 e. The number of rotatable bonds is 2. The molecule has 0 spiro atoms. The van der Waals surface area contributed by atoms with E-state index in [0.717, 1.165) is 36.2 Å². The molecule has 5 heterocycles. The van der Waals surface area contributed by atoms with Gasteiger partial charge in [0.15, 0.2) is 0 Å². The SMILES string of the molecule is O=C(NC1CC2CCN1CC2)c1cc2cscc2cn1. The molecule has 3 fully saturated rings. The molecule has 0 aromatic carbocycles. The van der Waals surface area contributed by atoms with Crippen LogP contribution in [0.1, 0.15) is 29.8 Å². The molecule has 1 unspecified atom stereocenters. The molecule has 0 radical (unpaired) electrons. The van der Waals surface area contributed by atoms with Crippen LogP contribution < -0.4 is 5.32 Å². The molecule has 4 nitrogen and oxygen atoms in total. The van der Waals surface area contributed by atoms with Crippen molar-refractivity contribution in [3.05, 3.63) is 28.7 Å². The second-order valence-corrected chi connectivity index (χ2v) is 6.52. The minimum atomic E-state index is -0.0457. The average Bonchev–Trinajstić information content (AvgIpc) is 2.96. The van der Waals surface area contributed by atoms with Crippen molar-refractivity contribution in [2.24, 2.45) is 5.92 Å². The molecule has 3 saturated heterocycles. The van der Waals surface area contributed by atoms with Gasteiger partial charge in [-0.2, -0.15) is 11.3 Å². The van der Waals surface area contributed by atoms with Crippen LogP contribution in [0.25, 0.3) is 10.8 Å². The Morgan fingerprint density at radius 3 is 2.85 bits per heavy atom. The topological polar surface area (TPSA) is 45.2 Å². The summed E-state index contributed by atoms with van der Waals surface area (Å²) in [7, 11) is 0. The van der Waals surface area contributed by atoms with E-state index in [0.29, 0.717) is 5.69 Å². The highest BCUT2D eigenvalue weighted by Gasteiger charge is 2.34. The molecule has 2 aromatic rings. The Bertz CT molecular complexity index is 645. The molecule has 5 heteroatoms. The number of pyridine rings is 1. The quantitative estimate of drug-likeness (QED) is 0.923. The van der Waals surface area contributed by atoms with Crippen molar-refractivity contribution < 1.29 is 4.79 Å². The number of nitrogens with zero attached hydrogens (tertiary/aromatic N) is 2. The van der Waals surface area contributed by atoms with E-state index in [1.165, 1.54) is 12.8 Å². The number of carbonyl (C=O) groups is 1. The molecule has 0 saturated carbocycles. The Kier molecular flexibility index (Phi) is 2.97. The predicted octanol–water partition coefficient (Wildman–Crippen LogP) is 2.47. The molecular weight excluding hydrogens is 270 g/mol. The van der Waals surface area contributed by atoms with Gasteiger partial charge in [-0.1, -0.05) is 0 Å². The Labute approximate surface area is 121 Å². The smallest absolute Gasteiger partial charge is 0.271 e. The molecule has 3 aliphatic rings. The highest BCUT2D eigenvalue weighted by molar-refractivity contribution is 7.09. The fourth-order valence-corrected chi connectivity index (χ4v) is 4.09. The van der Waals surface area contributed by atoms with Crippen LogP contribution in [-0.2, 0) is 0 Å². The molecule has 2 bridgehead atoms. The highest BCUT2D eigenvalue weighted by Crippen LogP contribution is 2.30.